The van der Waals surface area contributed by atoms with Gasteiger partial charge in [0.25, 0.3) is 0 Å². The Balaban J connectivity index is 2.31. The van der Waals surface area contributed by atoms with E-state index >= 15 is 0 Å². The van der Waals surface area contributed by atoms with Gasteiger partial charge in [-0.2, -0.15) is 0 Å². The van der Waals surface area contributed by atoms with Crippen LogP contribution in [0.3, 0.4) is 0 Å². The lowest BCUT2D eigenvalue weighted by Crippen LogP contribution is -2.51. The molecule has 4 nitrogen and oxygen atoms in total. The van der Waals surface area contributed by atoms with Gasteiger partial charge in [-0.25, -0.2) is 0 Å². The van der Waals surface area contributed by atoms with Gasteiger partial charge >= 0.3 is 5.97 Å². The van der Waals surface area contributed by atoms with Gasteiger partial charge in [0.1, 0.15) is 5.41 Å². The fourth-order valence-corrected chi connectivity index (χ4v) is 1.95. The first-order valence-corrected chi connectivity index (χ1v) is 6.01. The summed E-state index contributed by atoms with van der Waals surface area (Å²) >= 11 is 0. The van der Waals surface area contributed by atoms with Crippen molar-refractivity contribution in [3.05, 3.63) is 0 Å². The van der Waals surface area contributed by atoms with Gasteiger partial charge in [0.05, 0.1) is 0 Å². The van der Waals surface area contributed by atoms with E-state index in [1.54, 1.807) is 0 Å². The molecule has 1 aliphatic carbocycles. The minimum atomic E-state index is -1.11. The zero-order valence-corrected chi connectivity index (χ0v) is 10.1. The Bertz CT molecular complexity index is 269. The Kier molecular flexibility index (Phi) is 4.33. The number of hydrogen-bond donors (Lipinski definition) is 2. The summed E-state index contributed by atoms with van der Waals surface area (Å²) in [6.07, 6.45) is 3.78. The molecule has 0 aliphatic heterocycles. The predicted octanol–water partition coefficient (Wildman–Crippen LogP) is 1.79. The van der Waals surface area contributed by atoms with Crippen LogP contribution in [0, 0.1) is 11.3 Å². The van der Waals surface area contributed by atoms with Crippen LogP contribution in [-0.2, 0) is 9.59 Å². The lowest BCUT2D eigenvalue weighted by molar-refractivity contribution is -0.162. The number of carboxylic acid groups (broad SMARTS) is 1. The average Bonchev–Trinajstić information content (AvgIpc) is 2.09. The second kappa shape index (κ2) is 5.32. The normalized spacial score (nSPS) is 17.9. The molecule has 92 valence electrons. The molecule has 4 heteroatoms. The monoisotopic (exact) mass is 227 g/mol. The van der Waals surface area contributed by atoms with Crippen molar-refractivity contribution >= 4 is 11.9 Å². The van der Waals surface area contributed by atoms with Gasteiger partial charge in [0.2, 0.25) is 5.91 Å². The van der Waals surface area contributed by atoms with Crippen LogP contribution in [-0.4, -0.2) is 23.5 Å². The van der Waals surface area contributed by atoms with Crippen LogP contribution in [0.1, 0.15) is 46.0 Å². The van der Waals surface area contributed by atoms with Crippen molar-refractivity contribution in [1.29, 1.82) is 0 Å². The minimum Gasteiger partial charge on any atom is -0.480 e. The van der Waals surface area contributed by atoms with E-state index in [4.69, 9.17) is 5.11 Å². The topological polar surface area (TPSA) is 66.4 Å². The third kappa shape index (κ3) is 2.74. The Morgan fingerprint density at radius 1 is 1.38 bits per heavy atom. The van der Waals surface area contributed by atoms with Crippen molar-refractivity contribution in [1.82, 2.24) is 5.32 Å². The van der Waals surface area contributed by atoms with Crippen LogP contribution in [0.5, 0.6) is 0 Å². The van der Waals surface area contributed by atoms with Gasteiger partial charge in [-0.1, -0.05) is 20.3 Å². The van der Waals surface area contributed by atoms with Gasteiger partial charge in [-0.05, 0) is 31.6 Å². The first-order valence-electron chi connectivity index (χ1n) is 6.01. The molecule has 2 N–H and O–H groups in total. The van der Waals surface area contributed by atoms with Crippen molar-refractivity contribution in [3.63, 3.8) is 0 Å². The summed E-state index contributed by atoms with van der Waals surface area (Å²) in [7, 11) is 0. The molecule has 0 aromatic heterocycles. The van der Waals surface area contributed by atoms with E-state index in [1.807, 2.05) is 0 Å². The van der Waals surface area contributed by atoms with Gasteiger partial charge in [0.15, 0.2) is 0 Å². The molecule has 0 saturated heterocycles. The third-order valence-electron chi connectivity index (χ3n) is 3.29. The molecule has 1 rings (SSSR count). The second-order valence-electron chi connectivity index (χ2n) is 5.03. The number of aliphatic carboxylic acids is 1. The molecule has 1 saturated carbocycles. The van der Waals surface area contributed by atoms with E-state index in [1.165, 1.54) is 0 Å². The number of rotatable bonds is 6. The van der Waals surface area contributed by atoms with Gasteiger partial charge in [-0.15, -0.1) is 0 Å². The lowest BCUT2D eigenvalue weighted by Gasteiger charge is -2.35. The summed E-state index contributed by atoms with van der Waals surface area (Å²) in [6.45, 7) is 4.85. The number of hydrogen-bond acceptors (Lipinski definition) is 2. The van der Waals surface area contributed by atoms with Crippen molar-refractivity contribution in [2.24, 2.45) is 11.3 Å². The number of carbonyl (C=O) groups excluding carboxylic acids is 1. The van der Waals surface area contributed by atoms with Crippen LogP contribution in [0.15, 0.2) is 0 Å². The minimum absolute atomic E-state index is 0.296. The fraction of sp³-hybridized carbons (Fsp3) is 0.833. The number of carboxylic acids is 1. The van der Waals surface area contributed by atoms with E-state index < -0.39 is 11.4 Å². The van der Waals surface area contributed by atoms with E-state index in [2.05, 4.69) is 19.2 Å². The highest BCUT2D eigenvalue weighted by Crippen LogP contribution is 2.41. The highest BCUT2D eigenvalue weighted by molar-refractivity contribution is 6.02. The van der Waals surface area contributed by atoms with E-state index in [0.29, 0.717) is 25.3 Å². The summed E-state index contributed by atoms with van der Waals surface area (Å²) < 4.78 is 0. The van der Waals surface area contributed by atoms with E-state index in [-0.39, 0.29) is 5.91 Å². The van der Waals surface area contributed by atoms with Crippen LogP contribution in [0.4, 0.5) is 0 Å². The van der Waals surface area contributed by atoms with Gasteiger partial charge < -0.3 is 10.4 Å². The molecule has 0 bridgehead atoms. The predicted molar refractivity (Wildman–Crippen MR) is 61.0 cm³/mol. The van der Waals surface area contributed by atoms with Crippen LogP contribution in [0.2, 0.25) is 0 Å². The van der Waals surface area contributed by atoms with Gasteiger partial charge in [-0.3, -0.25) is 9.59 Å². The number of carbonyl (C=O) groups is 2. The molecule has 1 fully saturated rings. The first kappa shape index (κ1) is 13.0. The van der Waals surface area contributed by atoms with Crippen molar-refractivity contribution in [2.75, 3.05) is 6.54 Å². The third-order valence-corrected chi connectivity index (χ3v) is 3.29. The summed E-state index contributed by atoms with van der Waals surface area (Å²) in [5, 5.41) is 11.8. The zero-order chi connectivity index (χ0) is 12.2. The molecule has 0 atom stereocenters. The molecule has 0 heterocycles. The SMILES string of the molecule is CC(C)CCCNC(=O)C1(C(=O)O)CCC1. The molecule has 0 radical (unpaired) electrons. The Morgan fingerprint density at radius 3 is 2.38 bits per heavy atom. The highest BCUT2D eigenvalue weighted by atomic mass is 16.4. The average molecular weight is 227 g/mol. The standard InChI is InChI=1S/C12H21NO3/c1-9(2)5-3-8-13-10(14)12(11(15)16)6-4-7-12/h9H,3-8H2,1-2H3,(H,13,14)(H,15,16). The van der Waals surface area contributed by atoms with Crippen molar-refractivity contribution < 1.29 is 14.7 Å². The van der Waals surface area contributed by atoms with Crippen LogP contribution < -0.4 is 5.32 Å². The molecule has 0 aromatic rings. The molecular formula is C12H21NO3. The molecule has 1 aliphatic rings. The molecule has 0 spiro atoms. The first-order chi connectivity index (χ1) is 7.49. The molecule has 0 unspecified atom stereocenters. The smallest absolute Gasteiger partial charge is 0.319 e. The van der Waals surface area contributed by atoms with Crippen molar-refractivity contribution in [2.45, 2.75) is 46.0 Å². The summed E-state index contributed by atoms with van der Waals surface area (Å²) in [4.78, 5) is 22.8. The summed E-state index contributed by atoms with van der Waals surface area (Å²) in [5.74, 6) is -0.649. The number of amides is 1. The maximum atomic E-state index is 11.7. The maximum Gasteiger partial charge on any atom is 0.319 e. The molecule has 16 heavy (non-hydrogen) atoms. The van der Waals surface area contributed by atoms with Gasteiger partial charge in [0, 0.05) is 6.54 Å². The zero-order valence-electron chi connectivity index (χ0n) is 10.1. The van der Waals surface area contributed by atoms with Crippen LogP contribution in [0.25, 0.3) is 0 Å². The second-order valence-corrected chi connectivity index (χ2v) is 5.03. The molecule has 0 aromatic carbocycles. The van der Waals surface area contributed by atoms with E-state index in [9.17, 15) is 9.59 Å². The molecular weight excluding hydrogens is 206 g/mol. The maximum absolute atomic E-state index is 11.7. The molecule has 1 amide bonds. The largest absolute Gasteiger partial charge is 0.480 e. The highest BCUT2D eigenvalue weighted by Gasteiger charge is 2.50. The van der Waals surface area contributed by atoms with Crippen LogP contribution >= 0.6 is 0 Å². The lowest BCUT2D eigenvalue weighted by atomic mass is 9.68. The number of nitrogens with one attached hydrogen (secondary N) is 1. The quantitative estimate of drug-likeness (QED) is 0.537. The summed E-state index contributed by atoms with van der Waals surface area (Å²) in [5.41, 5.74) is -1.11. The Hall–Kier alpha value is -1.06. The van der Waals surface area contributed by atoms with E-state index in [0.717, 1.165) is 19.3 Å². The summed E-state index contributed by atoms with van der Waals surface area (Å²) in [6, 6.07) is 0. The fourth-order valence-electron chi connectivity index (χ4n) is 1.95. The Morgan fingerprint density at radius 2 is 2.00 bits per heavy atom. The van der Waals surface area contributed by atoms with Crippen molar-refractivity contribution in [3.8, 4) is 0 Å². The Labute approximate surface area is 96.4 Å².